The van der Waals surface area contributed by atoms with Crippen molar-refractivity contribution in [2.24, 2.45) is 0 Å². The number of halogens is 2. The van der Waals surface area contributed by atoms with E-state index in [1.54, 1.807) is 34.6 Å². The number of amides is 1. The second-order valence-electron chi connectivity index (χ2n) is 10.8. The number of rotatable bonds is 5. The Morgan fingerprint density at radius 2 is 1.72 bits per heavy atom. The van der Waals surface area contributed by atoms with Gasteiger partial charge in [0.05, 0.1) is 21.6 Å². The number of nitrogens with zero attached hydrogens (tertiary/aromatic N) is 3. The molecule has 0 spiro atoms. The zero-order valence-corrected chi connectivity index (χ0v) is 24.7. The van der Waals surface area contributed by atoms with Crippen LogP contribution in [0, 0.1) is 5.82 Å². The lowest BCUT2D eigenvalue weighted by atomic mass is 9.95. The number of hydrogen-bond donors (Lipinski definition) is 1. The van der Waals surface area contributed by atoms with Gasteiger partial charge in [0.15, 0.2) is 11.0 Å². The molecule has 4 aromatic carbocycles. The Balaban J connectivity index is 1.13. The molecule has 1 amide bonds. The van der Waals surface area contributed by atoms with E-state index in [1.807, 2.05) is 41.3 Å². The van der Waals surface area contributed by atoms with E-state index in [2.05, 4.69) is 4.98 Å². The van der Waals surface area contributed by atoms with Gasteiger partial charge >= 0.3 is 0 Å². The van der Waals surface area contributed by atoms with Crippen LogP contribution in [0.1, 0.15) is 46.5 Å². The van der Waals surface area contributed by atoms with Crippen LogP contribution in [0.4, 0.5) is 10.1 Å². The van der Waals surface area contributed by atoms with Gasteiger partial charge in [-0.3, -0.25) is 9.10 Å². The lowest BCUT2D eigenvalue weighted by molar-refractivity contribution is 0.0710. The van der Waals surface area contributed by atoms with Crippen LogP contribution in [-0.4, -0.2) is 44.7 Å². The lowest BCUT2D eigenvalue weighted by Crippen LogP contribution is -2.39. The molecule has 218 valence electrons. The highest BCUT2D eigenvalue weighted by molar-refractivity contribution is 7.86. The molecule has 7 rings (SSSR count). The van der Waals surface area contributed by atoms with Crippen LogP contribution in [0.25, 0.3) is 11.0 Å². The maximum absolute atomic E-state index is 13.9. The number of para-hydroxylation sites is 2. The minimum absolute atomic E-state index is 0.0690. The fraction of sp³-hybridized carbons (Fsp3) is 0.212. The molecule has 2 atom stereocenters. The van der Waals surface area contributed by atoms with Gasteiger partial charge < -0.3 is 14.6 Å². The minimum Gasteiger partial charge on any atom is -0.489 e. The molecule has 0 saturated carbocycles. The molecule has 1 N–H and O–H groups in total. The quantitative estimate of drug-likeness (QED) is 0.230. The van der Waals surface area contributed by atoms with Crippen molar-refractivity contribution >= 4 is 45.2 Å². The number of carbonyl (C=O) groups is 1. The summed E-state index contributed by atoms with van der Waals surface area (Å²) < 4.78 is 35.5. The number of aromatic amines is 1. The molecule has 7 nitrogen and oxygen atoms in total. The summed E-state index contributed by atoms with van der Waals surface area (Å²) in [6, 6.07) is 25.8. The highest BCUT2D eigenvalue weighted by atomic mass is 35.5. The number of aromatic nitrogens is 2. The van der Waals surface area contributed by atoms with E-state index >= 15 is 0 Å². The maximum atomic E-state index is 13.9. The number of piperidine rings is 1. The smallest absolute Gasteiger partial charge is 0.253 e. The molecule has 0 bridgehead atoms. The second kappa shape index (κ2) is 11.5. The van der Waals surface area contributed by atoms with Gasteiger partial charge in [-0.15, -0.1) is 0 Å². The monoisotopic (exact) mass is 614 g/mol. The molecule has 1 fully saturated rings. The Hall–Kier alpha value is -4.21. The highest BCUT2D eigenvalue weighted by Crippen LogP contribution is 2.43. The van der Waals surface area contributed by atoms with Gasteiger partial charge in [0.2, 0.25) is 0 Å². The second-order valence-corrected chi connectivity index (χ2v) is 12.6. The molecular formula is C33H28ClFN4O3S. The molecule has 10 heteroatoms. The Kier molecular flexibility index (Phi) is 7.36. The highest BCUT2D eigenvalue weighted by Gasteiger charge is 2.35. The molecule has 2 unspecified atom stereocenters. The molecule has 43 heavy (non-hydrogen) atoms. The average Bonchev–Trinajstić information content (AvgIpc) is 3.49. The normalized spacial score (nSPS) is 17.9. The Bertz CT molecular complexity index is 1790. The van der Waals surface area contributed by atoms with Gasteiger partial charge in [-0.2, -0.15) is 0 Å². The summed E-state index contributed by atoms with van der Waals surface area (Å²) in [7, 11) is -1.68. The van der Waals surface area contributed by atoms with E-state index < -0.39 is 22.8 Å². The number of H-pyrrole nitrogens is 1. The predicted octanol–water partition coefficient (Wildman–Crippen LogP) is 7.04. The summed E-state index contributed by atoms with van der Waals surface area (Å²) in [4.78, 5) is 24.1. The molecular weight excluding hydrogens is 587 g/mol. The number of anilines is 1. The van der Waals surface area contributed by atoms with Crippen molar-refractivity contribution in [1.29, 1.82) is 0 Å². The van der Waals surface area contributed by atoms with E-state index in [0.717, 1.165) is 35.3 Å². The van der Waals surface area contributed by atoms with Crippen molar-refractivity contribution in [2.45, 2.75) is 29.7 Å². The van der Waals surface area contributed by atoms with Crippen LogP contribution in [0.3, 0.4) is 0 Å². The third-order valence-electron chi connectivity index (χ3n) is 8.15. The zero-order chi connectivity index (χ0) is 29.5. The Morgan fingerprint density at radius 1 is 0.977 bits per heavy atom. The molecule has 5 aromatic rings. The van der Waals surface area contributed by atoms with Crippen molar-refractivity contribution < 1.29 is 18.1 Å². The largest absolute Gasteiger partial charge is 0.489 e. The number of ether oxygens (including phenoxy) is 1. The fourth-order valence-electron chi connectivity index (χ4n) is 5.84. The summed E-state index contributed by atoms with van der Waals surface area (Å²) in [5.41, 5.74) is 3.96. The van der Waals surface area contributed by atoms with Crippen molar-refractivity contribution in [3.63, 3.8) is 0 Å². The first-order valence-corrected chi connectivity index (χ1v) is 15.7. The van der Waals surface area contributed by atoms with Gasteiger partial charge in [0.25, 0.3) is 5.91 Å². The van der Waals surface area contributed by atoms with Crippen LogP contribution in [0.5, 0.6) is 5.75 Å². The molecule has 2 aliphatic rings. The van der Waals surface area contributed by atoms with Gasteiger partial charge in [0, 0.05) is 29.6 Å². The number of likely N-dealkylation sites (tertiary alicyclic amines) is 1. The van der Waals surface area contributed by atoms with Crippen LogP contribution >= 0.6 is 11.6 Å². The minimum atomic E-state index is -1.68. The van der Waals surface area contributed by atoms with Crippen molar-refractivity contribution in [2.75, 3.05) is 24.0 Å². The number of benzene rings is 4. The third-order valence-corrected chi connectivity index (χ3v) is 9.89. The van der Waals surface area contributed by atoms with Gasteiger partial charge in [-0.1, -0.05) is 35.9 Å². The van der Waals surface area contributed by atoms with Gasteiger partial charge in [0.1, 0.15) is 30.0 Å². The topological polar surface area (TPSA) is 78.5 Å². The summed E-state index contributed by atoms with van der Waals surface area (Å²) >= 11 is 6.13. The number of imidazole rings is 1. The molecule has 1 aromatic heterocycles. The number of hydrogen-bond acceptors (Lipinski definition) is 4. The first-order valence-electron chi connectivity index (χ1n) is 14.2. The van der Waals surface area contributed by atoms with Gasteiger partial charge in [-0.25, -0.2) is 13.6 Å². The average molecular weight is 615 g/mol. The predicted molar refractivity (Wildman–Crippen MR) is 165 cm³/mol. The Labute approximate surface area is 255 Å². The van der Waals surface area contributed by atoms with Gasteiger partial charge in [-0.05, 0) is 85.1 Å². The van der Waals surface area contributed by atoms with E-state index in [9.17, 15) is 13.4 Å². The zero-order valence-electron chi connectivity index (χ0n) is 23.1. The third kappa shape index (κ3) is 5.39. The summed E-state index contributed by atoms with van der Waals surface area (Å²) in [5, 5.41) is 0.594. The standard InChI is InChI=1S/C33H28ClFN4O3S/c34-24-8-5-21(6-9-24)30-20-42-31-19-23(7-14-29(31)39(30)43(41)26-12-10-25(35)11-13-26)33(40)38-17-15-22(16-18-38)32-36-27-3-1-2-4-28(27)37-32/h1-14,19,22,30H,15-18,20H2,(H,36,37). The van der Waals surface area contributed by atoms with Crippen molar-refractivity contribution in [3.05, 3.63) is 119 Å². The fourth-order valence-corrected chi connectivity index (χ4v) is 7.30. The van der Waals surface area contributed by atoms with E-state index in [4.69, 9.17) is 21.3 Å². The summed E-state index contributed by atoms with van der Waals surface area (Å²) in [5.74, 6) is 1.24. The van der Waals surface area contributed by atoms with Crippen LogP contribution in [0.2, 0.25) is 5.02 Å². The molecule has 3 heterocycles. The number of fused-ring (bicyclic) bond motifs is 2. The molecule has 0 aliphatic carbocycles. The molecule has 0 radical (unpaired) electrons. The lowest BCUT2D eigenvalue weighted by Gasteiger charge is -2.38. The molecule has 1 saturated heterocycles. The maximum Gasteiger partial charge on any atom is 0.253 e. The van der Waals surface area contributed by atoms with Crippen molar-refractivity contribution in [3.8, 4) is 5.75 Å². The SMILES string of the molecule is O=C(c1ccc2c(c1)OCC(c1ccc(Cl)cc1)N2S(=O)c1ccc(F)cc1)N1CCC(c2nc3ccccc3[nH]2)CC1. The van der Waals surface area contributed by atoms with Crippen LogP contribution in [0.15, 0.2) is 95.9 Å². The molecule has 2 aliphatic heterocycles. The summed E-state index contributed by atoms with van der Waals surface area (Å²) in [6.07, 6.45) is 1.64. The van der Waals surface area contributed by atoms with Crippen LogP contribution in [-0.2, 0) is 11.0 Å². The Morgan fingerprint density at radius 3 is 2.47 bits per heavy atom. The number of carbonyl (C=O) groups excluding carboxylic acids is 1. The van der Waals surface area contributed by atoms with E-state index in [0.29, 0.717) is 40.0 Å². The first kappa shape index (κ1) is 27.6. The summed E-state index contributed by atoms with van der Waals surface area (Å²) in [6.45, 7) is 1.46. The van der Waals surface area contributed by atoms with Crippen molar-refractivity contribution in [1.82, 2.24) is 14.9 Å². The van der Waals surface area contributed by atoms with Crippen LogP contribution < -0.4 is 9.04 Å². The van der Waals surface area contributed by atoms with E-state index in [1.165, 1.54) is 24.3 Å². The van der Waals surface area contributed by atoms with E-state index in [-0.39, 0.29) is 18.4 Å². The first-order chi connectivity index (χ1) is 20.9. The number of nitrogens with one attached hydrogen (secondary N) is 1.